The monoisotopic (exact) mass is 254 g/mol. The van der Waals surface area contributed by atoms with Crippen molar-refractivity contribution in [2.75, 3.05) is 0 Å². The van der Waals surface area contributed by atoms with Gasteiger partial charge in [-0.25, -0.2) is 0 Å². The van der Waals surface area contributed by atoms with Crippen LogP contribution in [-0.4, -0.2) is 4.98 Å². The fraction of sp³-hybridized carbons (Fsp3) is 0.353. The Morgan fingerprint density at radius 1 is 1.05 bits per heavy atom. The van der Waals surface area contributed by atoms with E-state index in [0.29, 0.717) is 5.92 Å². The molecule has 0 saturated carbocycles. The highest BCUT2D eigenvalue weighted by Crippen LogP contribution is 2.20. The Labute approximate surface area is 115 Å². The van der Waals surface area contributed by atoms with E-state index in [2.05, 4.69) is 56.1 Å². The lowest BCUT2D eigenvalue weighted by Crippen LogP contribution is -2.14. The minimum absolute atomic E-state index is 0.00909. The van der Waals surface area contributed by atoms with Crippen LogP contribution in [0.25, 0.3) is 0 Å². The van der Waals surface area contributed by atoms with Crippen LogP contribution in [0.3, 0.4) is 0 Å². The molecule has 2 rings (SSSR count). The molecule has 100 valence electrons. The Morgan fingerprint density at radius 2 is 1.68 bits per heavy atom. The molecule has 2 heteroatoms. The van der Waals surface area contributed by atoms with Crippen molar-refractivity contribution in [2.24, 2.45) is 5.73 Å². The maximum absolute atomic E-state index is 6.28. The molecule has 0 fully saturated rings. The zero-order valence-corrected chi connectivity index (χ0v) is 11.9. The molecular formula is C17H22N2. The van der Waals surface area contributed by atoms with E-state index in [1.54, 1.807) is 0 Å². The van der Waals surface area contributed by atoms with Crippen LogP contribution in [0, 0.1) is 6.92 Å². The summed E-state index contributed by atoms with van der Waals surface area (Å²) in [5.74, 6) is 0.559. The molecule has 0 amide bonds. The number of hydrogen-bond acceptors (Lipinski definition) is 2. The maximum Gasteiger partial charge on any atom is 0.0451 e. The molecular weight excluding hydrogens is 232 g/mol. The average molecular weight is 254 g/mol. The van der Waals surface area contributed by atoms with Crippen LogP contribution in [0.2, 0.25) is 0 Å². The molecule has 2 nitrogen and oxygen atoms in total. The van der Waals surface area contributed by atoms with Crippen LogP contribution in [-0.2, 0) is 6.42 Å². The highest BCUT2D eigenvalue weighted by molar-refractivity contribution is 5.28. The fourth-order valence-corrected chi connectivity index (χ4v) is 2.19. The van der Waals surface area contributed by atoms with Crippen LogP contribution in [0.1, 0.15) is 48.2 Å². The SMILES string of the molecule is Cc1cccnc1CC(N)c1ccc(C(C)C)cc1. The Kier molecular flexibility index (Phi) is 4.33. The minimum atomic E-state index is 0.00909. The first-order valence-corrected chi connectivity index (χ1v) is 6.84. The van der Waals surface area contributed by atoms with E-state index >= 15 is 0 Å². The summed E-state index contributed by atoms with van der Waals surface area (Å²) in [6, 6.07) is 12.7. The van der Waals surface area contributed by atoms with Gasteiger partial charge in [0, 0.05) is 24.4 Å². The Balaban J connectivity index is 2.12. The third-order valence-electron chi connectivity index (χ3n) is 3.56. The molecule has 0 aliphatic rings. The van der Waals surface area contributed by atoms with E-state index in [-0.39, 0.29) is 6.04 Å². The highest BCUT2D eigenvalue weighted by atomic mass is 14.7. The van der Waals surface area contributed by atoms with Crippen molar-refractivity contribution in [3.05, 3.63) is 65.0 Å². The van der Waals surface area contributed by atoms with Crippen molar-refractivity contribution >= 4 is 0 Å². The van der Waals surface area contributed by atoms with E-state index in [9.17, 15) is 0 Å². The van der Waals surface area contributed by atoms with Gasteiger partial charge >= 0.3 is 0 Å². The molecule has 0 aliphatic heterocycles. The quantitative estimate of drug-likeness (QED) is 0.902. The number of aromatic nitrogens is 1. The number of pyridine rings is 1. The predicted molar refractivity (Wildman–Crippen MR) is 80.1 cm³/mol. The van der Waals surface area contributed by atoms with Gasteiger partial charge in [0.25, 0.3) is 0 Å². The molecule has 2 N–H and O–H groups in total. The number of nitrogens with two attached hydrogens (primary N) is 1. The molecule has 2 aromatic rings. The zero-order chi connectivity index (χ0) is 13.8. The zero-order valence-electron chi connectivity index (χ0n) is 11.9. The average Bonchev–Trinajstić information content (AvgIpc) is 2.41. The molecule has 1 aromatic heterocycles. The van der Waals surface area contributed by atoms with Gasteiger partial charge in [-0.2, -0.15) is 0 Å². The third kappa shape index (κ3) is 3.42. The van der Waals surface area contributed by atoms with Gasteiger partial charge < -0.3 is 5.73 Å². The summed E-state index contributed by atoms with van der Waals surface area (Å²) in [6.45, 7) is 6.48. The maximum atomic E-state index is 6.28. The summed E-state index contributed by atoms with van der Waals surface area (Å²) >= 11 is 0. The summed E-state index contributed by atoms with van der Waals surface area (Å²) in [4.78, 5) is 4.41. The van der Waals surface area contributed by atoms with E-state index in [0.717, 1.165) is 12.1 Å². The second kappa shape index (κ2) is 5.98. The van der Waals surface area contributed by atoms with E-state index in [1.807, 2.05) is 12.3 Å². The first kappa shape index (κ1) is 13.8. The van der Waals surface area contributed by atoms with Crippen molar-refractivity contribution in [1.82, 2.24) is 4.98 Å². The van der Waals surface area contributed by atoms with E-state index in [1.165, 1.54) is 16.7 Å². The molecule has 0 radical (unpaired) electrons. The Morgan fingerprint density at radius 3 is 2.26 bits per heavy atom. The van der Waals surface area contributed by atoms with E-state index in [4.69, 9.17) is 5.73 Å². The smallest absolute Gasteiger partial charge is 0.0451 e. The van der Waals surface area contributed by atoms with Crippen molar-refractivity contribution in [3.63, 3.8) is 0 Å². The molecule has 1 unspecified atom stereocenters. The standard InChI is InChI=1S/C17H22N2/c1-12(2)14-6-8-15(9-7-14)16(18)11-17-13(3)5-4-10-19-17/h4-10,12,16H,11,18H2,1-3H3. The predicted octanol–water partition coefficient (Wildman–Crippen LogP) is 3.76. The first-order valence-electron chi connectivity index (χ1n) is 6.84. The van der Waals surface area contributed by atoms with Crippen LogP contribution < -0.4 is 5.73 Å². The molecule has 1 heterocycles. The van der Waals surface area contributed by atoms with Crippen LogP contribution in [0.4, 0.5) is 0 Å². The van der Waals surface area contributed by atoms with E-state index < -0.39 is 0 Å². The Hall–Kier alpha value is -1.67. The van der Waals surface area contributed by atoms with Gasteiger partial charge in [0.05, 0.1) is 0 Å². The topological polar surface area (TPSA) is 38.9 Å². The molecule has 0 spiro atoms. The summed E-state index contributed by atoms with van der Waals surface area (Å²) in [5, 5.41) is 0. The molecule has 1 atom stereocenters. The number of hydrogen-bond donors (Lipinski definition) is 1. The lowest BCUT2D eigenvalue weighted by molar-refractivity contribution is 0.701. The number of nitrogens with zero attached hydrogens (tertiary/aromatic N) is 1. The normalized spacial score (nSPS) is 12.7. The second-order valence-electron chi connectivity index (χ2n) is 5.40. The summed E-state index contributed by atoms with van der Waals surface area (Å²) in [5.41, 5.74) is 11.1. The largest absolute Gasteiger partial charge is 0.324 e. The molecule has 0 saturated heterocycles. The van der Waals surface area contributed by atoms with Crippen molar-refractivity contribution in [1.29, 1.82) is 0 Å². The molecule has 1 aromatic carbocycles. The van der Waals surface area contributed by atoms with Crippen LogP contribution in [0.5, 0.6) is 0 Å². The fourth-order valence-electron chi connectivity index (χ4n) is 2.19. The lowest BCUT2D eigenvalue weighted by atomic mass is 9.96. The van der Waals surface area contributed by atoms with Crippen molar-refractivity contribution < 1.29 is 0 Å². The first-order chi connectivity index (χ1) is 9.08. The van der Waals surface area contributed by atoms with Gasteiger partial charge in [-0.3, -0.25) is 4.98 Å². The van der Waals surface area contributed by atoms with Crippen molar-refractivity contribution in [2.45, 2.75) is 39.2 Å². The van der Waals surface area contributed by atoms with Gasteiger partial charge in [-0.1, -0.05) is 44.2 Å². The summed E-state index contributed by atoms with van der Waals surface area (Å²) < 4.78 is 0. The van der Waals surface area contributed by atoms with Gasteiger partial charge in [0.2, 0.25) is 0 Å². The highest BCUT2D eigenvalue weighted by Gasteiger charge is 2.10. The van der Waals surface area contributed by atoms with Gasteiger partial charge in [0.15, 0.2) is 0 Å². The van der Waals surface area contributed by atoms with Gasteiger partial charge in [-0.05, 0) is 35.6 Å². The molecule has 19 heavy (non-hydrogen) atoms. The molecule has 0 aliphatic carbocycles. The Bertz CT molecular complexity index is 529. The summed E-state index contributed by atoms with van der Waals surface area (Å²) in [7, 11) is 0. The minimum Gasteiger partial charge on any atom is -0.324 e. The number of aryl methyl sites for hydroxylation is 1. The molecule has 0 bridgehead atoms. The second-order valence-corrected chi connectivity index (χ2v) is 5.40. The summed E-state index contributed by atoms with van der Waals surface area (Å²) in [6.07, 6.45) is 2.62. The number of rotatable bonds is 4. The van der Waals surface area contributed by atoms with Gasteiger partial charge in [-0.15, -0.1) is 0 Å². The van der Waals surface area contributed by atoms with Gasteiger partial charge in [0.1, 0.15) is 0 Å². The van der Waals surface area contributed by atoms with Crippen LogP contribution in [0.15, 0.2) is 42.6 Å². The lowest BCUT2D eigenvalue weighted by Gasteiger charge is -2.14. The van der Waals surface area contributed by atoms with Crippen molar-refractivity contribution in [3.8, 4) is 0 Å². The number of benzene rings is 1. The third-order valence-corrected chi connectivity index (χ3v) is 3.56. The van der Waals surface area contributed by atoms with Crippen LogP contribution >= 0.6 is 0 Å².